The summed E-state index contributed by atoms with van der Waals surface area (Å²) in [6, 6.07) is 18.1. The third-order valence-electron chi connectivity index (χ3n) is 6.31. The topological polar surface area (TPSA) is 51.5 Å². The van der Waals surface area contributed by atoms with E-state index in [1.165, 1.54) is 24.3 Å². The Morgan fingerprint density at radius 1 is 0.909 bits per heavy atom. The highest BCUT2D eigenvalue weighted by Crippen LogP contribution is 2.36. The molecule has 1 aromatic heterocycles. The van der Waals surface area contributed by atoms with Gasteiger partial charge in [0, 0.05) is 42.4 Å². The standard InChI is InChI=1S/C25H21F3N2O3/c26-25(27,28)33-20-8-6-17(7-9-20)21-10-11-22-19-12-16(14-30(22)24(21)32)13-29(15-19)23(31)18-4-2-1-3-5-18/h1-11,16,19H,12-15H2/t16-,19+/m0/s1. The molecule has 2 aromatic carbocycles. The largest absolute Gasteiger partial charge is 0.573 e. The molecule has 33 heavy (non-hydrogen) atoms. The highest BCUT2D eigenvalue weighted by Gasteiger charge is 2.37. The lowest BCUT2D eigenvalue weighted by Crippen LogP contribution is -2.49. The van der Waals surface area contributed by atoms with E-state index in [1.807, 2.05) is 41.3 Å². The van der Waals surface area contributed by atoms with Crippen LogP contribution in [0.3, 0.4) is 0 Å². The van der Waals surface area contributed by atoms with E-state index in [9.17, 15) is 22.8 Å². The molecule has 2 atom stereocenters. The molecule has 1 fully saturated rings. The SMILES string of the molecule is O=C(c1ccccc1)N1C[C@@H]2C[C@H](C1)c1ccc(-c3ccc(OC(F)(F)F)cc3)c(=O)n1C2. The van der Waals surface area contributed by atoms with Crippen LogP contribution in [-0.4, -0.2) is 34.8 Å². The maximum atomic E-state index is 13.3. The Labute approximate surface area is 188 Å². The number of rotatable bonds is 3. The fourth-order valence-electron chi connectivity index (χ4n) is 4.93. The number of amides is 1. The molecule has 1 saturated heterocycles. The van der Waals surface area contributed by atoms with Crippen LogP contribution < -0.4 is 10.3 Å². The van der Waals surface area contributed by atoms with Crippen molar-refractivity contribution in [2.75, 3.05) is 13.1 Å². The summed E-state index contributed by atoms with van der Waals surface area (Å²) >= 11 is 0. The second kappa shape index (κ2) is 8.10. The number of hydrogen-bond donors (Lipinski definition) is 0. The predicted molar refractivity (Wildman–Crippen MR) is 116 cm³/mol. The molecule has 3 heterocycles. The fraction of sp³-hybridized carbons (Fsp3) is 0.280. The smallest absolute Gasteiger partial charge is 0.406 e. The van der Waals surface area contributed by atoms with Gasteiger partial charge in [0.25, 0.3) is 11.5 Å². The summed E-state index contributed by atoms with van der Waals surface area (Å²) in [5, 5.41) is 0. The average molecular weight is 454 g/mol. The summed E-state index contributed by atoms with van der Waals surface area (Å²) in [6.45, 7) is 1.64. The van der Waals surface area contributed by atoms with Gasteiger partial charge in [0.1, 0.15) is 5.75 Å². The number of piperidine rings is 1. The first-order valence-corrected chi connectivity index (χ1v) is 10.7. The average Bonchev–Trinajstić information content (AvgIpc) is 2.79. The summed E-state index contributed by atoms with van der Waals surface area (Å²) in [4.78, 5) is 28.1. The third-order valence-corrected chi connectivity index (χ3v) is 6.31. The van der Waals surface area contributed by atoms with Gasteiger partial charge in [-0.05, 0) is 54.3 Å². The Morgan fingerprint density at radius 2 is 1.64 bits per heavy atom. The number of aromatic nitrogens is 1. The molecule has 2 aliphatic rings. The molecule has 0 N–H and O–H groups in total. The minimum Gasteiger partial charge on any atom is -0.406 e. The van der Waals surface area contributed by atoms with Gasteiger partial charge in [-0.3, -0.25) is 9.59 Å². The number of likely N-dealkylation sites (tertiary alicyclic amines) is 1. The van der Waals surface area contributed by atoms with E-state index < -0.39 is 6.36 Å². The predicted octanol–water partition coefficient (Wildman–Crippen LogP) is 4.67. The minimum atomic E-state index is -4.76. The van der Waals surface area contributed by atoms with Crippen molar-refractivity contribution in [3.63, 3.8) is 0 Å². The van der Waals surface area contributed by atoms with E-state index in [-0.39, 0.29) is 29.1 Å². The summed E-state index contributed by atoms with van der Waals surface area (Å²) in [5.41, 5.74) is 2.33. The molecule has 1 amide bonds. The molecule has 170 valence electrons. The van der Waals surface area contributed by atoms with Crippen LogP contribution in [0.15, 0.2) is 71.5 Å². The molecule has 0 spiro atoms. The molecule has 2 aliphatic heterocycles. The van der Waals surface area contributed by atoms with Gasteiger partial charge >= 0.3 is 6.36 Å². The lowest BCUT2D eigenvalue weighted by molar-refractivity contribution is -0.274. The van der Waals surface area contributed by atoms with Gasteiger partial charge in [-0.1, -0.05) is 30.3 Å². The molecule has 0 radical (unpaired) electrons. The summed E-state index contributed by atoms with van der Waals surface area (Å²) in [7, 11) is 0. The number of halogens is 3. The molecule has 2 bridgehead atoms. The van der Waals surface area contributed by atoms with Crippen LogP contribution in [0.4, 0.5) is 13.2 Å². The van der Waals surface area contributed by atoms with Gasteiger partial charge < -0.3 is 14.2 Å². The maximum absolute atomic E-state index is 13.3. The van der Waals surface area contributed by atoms with Crippen molar-refractivity contribution < 1.29 is 22.7 Å². The molecule has 0 aliphatic carbocycles. The number of benzene rings is 2. The normalized spacial score (nSPS) is 19.7. The van der Waals surface area contributed by atoms with E-state index in [0.29, 0.717) is 36.3 Å². The summed E-state index contributed by atoms with van der Waals surface area (Å²) in [5.74, 6) is -0.102. The van der Waals surface area contributed by atoms with Crippen LogP contribution in [0.2, 0.25) is 0 Å². The molecule has 0 unspecified atom stereocenters. The first-order valence-electron chi connectivity index (χ1n) is 10.7. The highest BCUT2D eigenvalue weighted by atomic mass is 19.4. The lowest BCUT2D eigenvalue weighted by Gasteiger charge is -2.43. The number of alkyl halides is 3. The van der Waals surface area contributed by atoms with Crippen LogP contribution in [0.25, 0.3) is 11.1 Å². The van der Waals surface area contributed by atoms with Crippen LogP contribution in [0.1, 0.15) is 28.4 Å². The molecule has 5 nitrogen and oxygen atoms in total. The Bertz CT molecular complexity index is 1240. The molecule has 0 saturated carbocycles. The molecule has 5 rings (SSSR count). The number of carbonyl (C=O) groups is 1. The molecule has 8 heteroatoms. The van der Waals surface area contributed by atoms with Crippen molar-refractivity contribution >= 4 is 5.91 Å². The van der Waals surface area contributed by atoms with Gasteiger partial charge in [-0.15, -0.1) is 13.2 Å². The number of fused-ring (bicyclic) bond motifs is 4. The van der Waals surface area contributed by atoms with E-state index in [4.69, 9.17) is 0 Å². The van der Waals surface area contributed by atoms with E-state index in [0.717, 1.165) is 12.1 Å². The number of hydrogen-bond acceptors (Lipinski definition) is 3. The lowest BCUT2D eigenvalue weighted by atomic mass is 9.82. The zero-order chi connectivity index (χ0) is 23.2. The number of nitrogens with zero attached hydrogens (tertiary/aromatic N) is 2. The first kappa shape index (κ1) is 21.3. The van der Waals surface area contributed by atoms with Crippen molar-refractivity contribution in [1.29, 1.82) is 0 Å². The molecular weight excluding hydrogens is 433 g/mol. The van der Waals surface area contributed by atoms with Gasteiger partial charge in [-0.25, -0.2) is 0 Å². The number of carbonyl (C=O) groups excluding carboxylic acids is 1. The monoisotopic (exact) mass is 454 g/mol. The maximum Gasteiger partial charge on any atom is 0.573 e. The first-order chi connectivity index (χ1) is 15.8. The van der Waals surface area contributed by atoms with Gasteiger partial charge in [0.15, 0.2) is 0 Å². The van der Waals surface area contributed by atoms with Crippen LogP contribution in [-0.2, 0) is 6.54 Å². The van der Waals surface area contributed by atoms with E-state index >= 15 is 0 Å². The van der Waals surface area contributed by atoms with Crippen molar-refractivity contribution in [3.05, 3.63) is 88.3 Å². The van der Waals surface area contributed by atoms with Crippen molar-refractivity contribution in [3.8, 4) is 16.9 Å². The minimum absolute atomic E-state index is 0.00103. The van der Waals surface area contributed by atoms with Gasteiger partial charge in [0.2, 0.25) is 0 Å². The number of pyridine rings is 1. The van der Waals surface area contributed by atoms with E-state index in [1.54, 1.807) is 10.6 Å². The zero-order valence-corrected chi connectivity index (χ0v) is 17.6. The Morgan fingerprint density at radius 3 is 2.33 bits per heavy atom. The van der Waals surface area contributed by atoms with Crippen molar-refractivity contribution in [2.45, 2.75) is 25.2 Å². The fourth-order valence-corrected chi connectivity index (χ4v) is 4.93. The van der Waals surface area contributed by atoms with Gasteiger partial charge in [0.05, 0.1) is 0 Å². The Kier molecular flexibility index (Phi) is 5.23. The van der Waals surface area contributed by atoms with E-state index in [2.05, 4.69) is 4.74 Å². The number of ether oxygens (including phenoxy) is 1. The van der Waals surface area contributed by atoms with Crippen LogP contribution >= 0.6 is 0 Å². The quantitative estimate of drug-likeness (QED) is 0.578. The summed E-state index contributed by atoms with van der Waals surface area (Å²) in [6.07, 6.45) is -3.85. The van der Waals surface area contributed by atoms with Crippen LogP contribution in [0, 0.1) is 5.92 Å². The van der Waals surface area contributed by atoms with Crippen molar-refractivity contribution in [1.82, 2.24) is 9.47 Å². The second-order valence-electron chi connectivity index (χ2n) is 8.53. The second-order valence-corrected chi connectivity index (χ2v) is 8.53. The Hall–Kier alpha value is -3.55. The van der Waals surface area contributed by atoms with Crippen LogP contribution in [0.5, 0.6) is 5.75 Å². The highest BCUT2D eigenvalue weighted by molar-refractivity contribution is 5.94. The molecular formula is C25H21F3N2O3. The molecule has 3 aromatic rings. The van der Waals surface area contributed by atoms with Crippen molar-refractivity contribution in [2.24, 2.45) is 5.92 Å². The Balaban J connectivity index is 1.40. The van der Waals surface area contributed by atoms with Gasteiger partial charge in [-0.2, -0.15) is 0 Å². The third kappa shape index (κ3) is 4.25. The summed E-state index contributed by atoms with van der Waals surface area (Å²) < 4.78 is 42.9. The zero-order valence-electron chi connectivity index (χ0n) is 17.6.